The number of nitrogens with one attached hydrogen (secondary N) is 1. The molecule has 1 aliphatic heterocycles. The minimum absolute atomic E-state index is 0.0542. The lowest BCUT2D eigenvalue weighted by Gasteiger charge is -2.36. The number of imidazole rings is 1. The summed E-state index contributed by atoms with van der Waals surface area (Å²) in [5, 5.41) is -0.124. The molecule has 1 aromatic heterocycles. The van der Waals surface area contributed by atoms with E-state index in [9.17, 15) is 17.6 Å². The highest BCUT2D eigenvalue weighted by Crippen LogP contribution is 2.28. The summed E-state index contributed by atoms with van der Waals surface area (Å²) in [7, 11) is 1.06. The first kappa shape index (κ1) is 29.5. The Kier molecular flexibility index (Phi) is 9.12. The van der Waals surface area contributed by atoms with Crippen molar-refractivity contribution in [1.82, 2.24) is 19.4 Å². The number of aromatic nitrogens is 2. The maximum atomic E-state index is 13.9. The van der Waals surface area contributed by atoms with Gasteiger partial charge in [-0.1, -0.05) is 19.1 Å². The van der Waals surface area contributed by atoms with Crippen LogP contribution >= 0.6 is 0 Å². The number of rotatable bonds is 6. The molecular formula is C28H36FN5O5S. The average molecular weight is 574 g/mol. The summed E-state index contributed by atoms with van der Waals surface area (Å²) < 4.78 is 55.7. The Morgan fingerprint density at radius 2 is 1.93 bits per heavy atom. The lowest BCUT2D eigenvalue weighted by atomic mass is 10.0. The van der Waals surface area contributed by atoms with Crippen molar-refractivity contribution in [3.63, 3.8) is 0 Å². The first-order valence-electron chi connectivity index (χ1n) is 13.0. The van der Waals surface area contributed by atoms with Crippen LogP contribution in [0, 0.1) is 11.7 Å². The van der Waals surface area contributed by atoms with Crippen molar-refractivity contribution in [3.8, 4) is 5.75 Å². The van der Waals surface area contributed by atoms with Crippen molar-refractivity contribution in [3.05, 3.63) is 71.9 Å². The Hall–Kier alpha value is -3.48. The van der Waals surface area contributed by atoms with Gasteiger partial charge < -0.3 is 18.9 Å². The van der Waals surface area contributed by atoms with Crippen LogP contribution < -0.4 is 9.46 Å². The van der Waals surface area contributed by atoms with Gasteiger partial charge in [-0.25, -0.2) is 9.37 Å². The SMILES string of the molecule is CO[C@H]1CN(C)C(=O)c2ccc(NS(=O)(=O)c3cn(C)cn3)cc2OC[C@H](C)N(Cc2cccc(F)c2)C[C@@H]1C. The lowest BCUT2D eigenvalue weighted by molar-refractivity contribution is 0.00920. The normalized spacial score (nSPS) is 21.2. The fraction of sp³-hybridized carbons (Fsp3) is 0.429. The molecule has 4 rings (SSSR count). The number of sulfonamides is 1. The zero-order chi connectivity index (χ0) is 29.0. The highest BCUT2D eigenvalue weighted by atomic mass is 32.2. The Bertz CT molecular complexity index is 1450. The van der Waals surface area contributed by atoms with Crippen molar-refractivity contribution in [1.29, 1.82) is 0 Å². The molecule has 10 nitrogen and oxygen atoms in total. The zero-order valence-corrected chi connectivity index (χ0v) is 24.2. The second kappa shape index (κ2) is 12.4. The molecule has 0 saturated carbocycles. The van der Waals surface area contributed by atoms with Crippen LogP contribution in [0.5, 0.6) is 5.75 Å². The van der Waals surface area contributed by atoms with Gasteiger partial charge in [0.15, 0.2) is 5.03 Å². The van der Waals surface area contributed by atoms with Gasteiger partial charge in [-0.2, -0.15) is 8.42 Å². The van der Waals surface area contributed by atoms with E-state index in [0.29, 0.717) is 25.2 Å². The van der Waals surface area contributed by atoms with Gasteiger partial charge in [0.25, 0.3) is 15.9 Å². The average Bonchev–Trinajstić information content (AvgIpc) is 3.36. The number of amides is 1. The molecule has 0 saturated heterocycles. The summed E-state index contributed by atoms with van der Waals surface area (Å²) in [5.41, 5.74) is 1.37. The van der Waals surface area contributed by atoms with Crippen LogP contribution in [-0.2, 0) is 28.4 Å². The quantitative estimate of drug-likeness (QED) is 0.482. The molecule has 0 radical (unpaired) electrons. The van der Waals surface area contributed by atoms with Gasteiger partial charge in [0.2, 0.25) is 0 Å². The number of hydrogen-bond acceptors (Lipinski definition) is 7. The molecule has 0 bridgehead atoms. The second-order valence-electron chi connectivity index (χ2n) is 10.4. The number of ether oxygens (including phenoxy) is 2. The predicted octanol–water partition coefficient (Wildman–Crippen LogP) is 3.37. The third-order valence-corrected chi connectivity index (χ3v) is 8.33. The highest BCUT2D eigenvalue weighted by molar-refractivity contribution is 7.92. The molecule has 0 aliphatic carbocycles. The number of likely N-dealkylation sites (N-methyl/N-ethyl adjacent to an activating group) is 1. The van der Waals surface area contributed by atoms with Crippen molar-refractivity contribution < 1.29 is 27.1 Å². The second-order valence-corrected chi connectivity index (χ2v) is 12.0. The molecular weight excluding hydrogens is 537 g/mol. The monoisotopic (exact) mass is 573 g/mol. The molecule has 3 atom stereocenters. The van der Waals surface area contributed by atoms with Gasteiger partial charge in [0, 0.05) is 59.1 Å². The van der Waals surface area contributed by atoms with E-state index >= 15 is 0 Å². The van der Waals surface area contributed by atoms with E-state index in [1.54, 1.807) is 38.2 Å². The molecule has 0 fully saturated rings. The zero-order valence-electron chi connectivity index (χ0n) is 23.4. The summed E-state index contributed by atoms with van der Waals surface area (Å²) in [6.45, 7) is 5.73. The van der Waals surface area contributed by atoms with Crippen molar-refractivity contribution in [2.75, 3.05) is 38.6 Å². The minimum Gasteiger partial charge on any atom is -0.491 e. The number of anilines is 1. The summed E-state index contributed by atoms with van der Waals surface area (Å²) in [6, 6.07) is 11.0. The Morgan fingerprint density at radius 1 is 1.15 bits per heavy atom. The molecule has 1 N–H and O–H groups in total. The summed E-state index contributed by atoms with van der Waals surface area (Å²) >= 11 is 0. The van der Waals surface area contributed by atoms with Crippen LogP contribution in [0.3, 0.4) is 0 Å². The number of halogens is 1. The number of methoxy groups -OCH3 is 1. The smallest absolute Gasteiger partial charge is 0.280 e. The van der Waals surface area contributed by atoms with Crippen LogP contribution in [0.25, 0.3) is 0 Å². The molecule has 2 heterocycles. The number of hydrogen-bond donors (Lipinski definition) is 1. The molecule has 3 aromatic rings. The van der Waals surface area contributed by atoms with Gasteiger partial charge in [-0.05, 0) is 42.7 Å². The third-order valence-electron chi connectivity index (χ3n) is 7.06. The molecule has 0 spiro atoms. The molecule has 0 unspecified atom stereocenters. The van der Waals surface area contributed by atoms with Gasteiger partial charge in [-0.3, -0.25) is 14.4 Å². The van der Waals surface area contributed by atoms with Gasteiger partial charge in [0.05, 0.1) is 23.7 Å². The van der Waals surface area contributed by atoms with E-state index in [-0.39, 0.29) is 52.9 Å². The largest absolute Gasteiger partial charge is 0.491 e. The van der Waals surface area contributed by atoms with E-state index in [1.165, 1.54) is 41.4 Å². The minimum atomic E-state index is -3.95. The Balaban J connectivity index is 1.66. The lowest BCUT2D eigenvalue weighted by Crippen LogP contribution is -2.46. The van der Waals surface area contributed by atoms with Crippen LogP contribution in [0.4, 0.5) is 10.1 Å². The van der Waals surface area contributed by atoms with Gasteiger partial charge in [-0.15, -0.1) is 0 Å². The number of benzene rings is 2. The first-order valence-corrected chi connectivity index (χ1v) is 14.5. The maximum Gasteiger partial charge on any atom is 0.280 e. The topological polar surface area (TPSA) is 106 Å². The summed E-state index contributed by atoms with van der Waals surface area (Å²) in [4.78, 5) is 21.1. The first-order chi connectivity index (χ1) is 19.0. The van der Waals surface area contributed by atoms with E-state index in [0.717, 1.165) is 5.56 Å². The fourth-order valence-corrected chi connectivity index (χ4v) is 5.77. The van der Waals surface area contributed by atoms with Crippen LogP contribution in [0.15, 0.2) is 60.0 Å². The number of nitrogens with zero attached hydrogens (tertiary/aromatic N) is 4. The van der Waals surface area contributed by atoms with Gasteiger partial charge in [0.1, 0.15) is 18.2 Å². The summed E-state index contributed by atoms with van der Waals surface area (Å²) in [6.07, 6.45) is 2.55. The Labute approximate surface area is 234 Å². The van der Waals surface area contributed by atoms with E-state index in [2.05, 4.69) is 21.5 Å². The van der Waals surface area contributed by atoms with E-state index in [4.69, 9.17) is 9.47 Å². The molecule has 2 aromatic carbocycles. The van der Waals surface area contributed by atoms with E-state index < -0.39 is 10.0 Å². The van der Waals surface area contributed by atoms with Gasteiger partial charge >= 0.3 is 0 Å². The maximum absolute atomic E-state index is 13.9. The molecule has 216 valence electrons. The van der Waals surface area contributed by atoms with Crippen molar-refractivity contribution in [2.24, 2.45) is 13.0 Å². The number of fused-ring (bicyclic) bond motifs is 1. The third kappa shape index (κ3) is 6.98. The van der Waals surface area contributed by atoms with Crippen LogP contribution in [-0.4, -0.2) is 79.7 Å². The fourth-order valence-electron chi connectivity index (χ4n) is 4.74. The molecule has 1 aliphatic rings. The Morgan fingerprint density at radius 3 is 2.60 bits per heavy atom. The number of aryl methyl sites for hydroxylation is 1. The number of carbonyl (C=O) groups is 1. The molecule has 40 heavy (non-hydrogen) atoms. The standard InChI is InChI=1S/C28H36FN5O5S/c1-19-13-34(14-21-7-6-8-22(29)11-21)20(2)17-39-25-12-23(31-40(36,37)27-16-32(3)18-30-27)9-10-24(25)28(35)33(4)15-26(19)38-5/h6-12,16,18-20,26,31H,13-15,17H2,1-5H3/t19-,20-,26-/m0/s1. The van der Waals surface area contributed by atoms with E-state index in [1.807, 2.05) is 13.0 Å². The molecule has 12 heteroatoms. The van der Waals surface area contributed by atoms with Crippen molar-refractivity contribution >= 4 is 21.6 Å². The van der Waals surface area contributed by atoms with Crippen LogP contribution in [0.1, 0.15) is 29.8 Å². The highest BCUT2D eigenvalue weighted by Gasteiger charge is 2.29. The summed E-state index contributed by atoms with van der Waals surface area (Å²) in [5.74, 6) is -0.265. The van der Waals surface area contributed by atoms with Crippen molar-refractivity contribution in [2.45, 2.75) is 37.6 Å². The van der Waals surface area contributed by atoms with Crippen LogP contribution in [0.2, 0.25) is 0 Å². The predicted molar refractivity (Wildman–Crippen MR) is 149 cm³/mol. The number of carbonyl (C=O) groups excluding carboxylic acids is 1. The molecule has 1 amide bonds.